The SMILES string of the molecule is CCCCCCCCC(O)Cc1cc(F)cc(Br)c1. The second-order valence-electron chi connectivity index (χ2n) is 5.19. The zero-order valence-corrected chi connectivity index (χ0v) is 13.3. The van der Waals surface area contributed by atoms with Crippen molar-refractivity contribution in [2.45, 2.75) is 64.4 Å². The molecule has 0 aromatic heterocycles. The molecular formula is C16H24BrFO. The van der Waals surface area contributed by atoms with E-state index in [1.54, 1.807) is 0 Å². The van der Waals surface area contributed by atoms with E-state index in [4.69, 9.17) is 0 Å². The lowest BCUT2D eigenvalue weighted by Crippen LogP contribution is -2.10. The third-order valence-corrected chi connectivity index (χ3v) is 3.74. The predicted molar refractivity (Wildman–Crippen MR) is 81.8 cm³/mol. The molecule has 0 aliphatic rings. The smallest absolute Gasteiger partial charge is 0.124 e. The fourth-order valence-electron chi connectivity index (χ4n) is 2.26. The van der Waals surface area contributed by atoms with Crippen LogP contribution in [0.2, 0.25) is 0 Å². The summed E-state index contributed by atoms with van der Waals surface area (Å²) in [6, 6.07) is 4.80. The van der Waals surface area contributed by atoms with Gasteiger partial charge in [0, 0.05) is 4.47 Å². The maximum atomic E-state index is 13.2. The van der Waals surface area contributed by atoms with E-state index >= 15 is 0 Å². The van der Waals surface area contributed by atoms with Gasteiger partial charge in [0.25, 0.3) is 0 Å². The maximum Gasteiger partial charge on any atom is 0.124 e. The van der Waals surface area contributed by atoms with E-state index in [2.05, 4.69) is 22.9 Å². The van der Waals surface area contributed by atoms with Gasteiger partial charge in [-0.25, -0.2) is 4.39 Å². The predicted octanol–water partition coefficient (Wildman–Crippen LogP) is 5.24. The van der Waals surface area contributed by atoms with Gasteiger partial charge in [0.1, 0.15) is 5.82 Å². The minimum absolute atomic E-state index is 0.254. The van der Waals surface area contributed by atoms with Crippen molar-refractivity contribution >= 4 is 15.9 Å². The number of aliphatic hydroxyl groups is 1. The molecule has 1 aromatic carbocycles. The highest BCUT2D eigenvalue weighted by molar-refractivity contribution is 9.10. The van der Waals surface area contributed by atoms with Crippen LogP contribution in [0, 0.1) is 5.82 Å². The van der Waals surface area contributed by atoms with Crippen LogP contribution >= 0.6 is 15.9 Å². The number of halogens is 2. The van der Waals surface area contributed by atoms with Gasteiger partial charge in [-0.2, -0.15) is 0 Å². The molecule has 0 radical (unpaired) electrons. The van der Waals surface area contributed by atoms with E-state index in [1.165, 1.54) is 44.2 Å². The van der Waals surface area contributed by atoms with Crippen molar-refractivity contribution in [3.05, 3.63) is 34.1 Å². The summed E-state index contributed by atoms with van der Waals surface area (Å²) in [5.74, 6) is -0.254. The molecule has 1 unspecified atom stereocenters. The summed E-state index contributed by atoms with van der Waals surface area (Å²) < 4.78 is 13.9. The molecule has 1 N–H and O–H groups in total. The van der Waals surface area contributed by atoms with Crippen LogP contribution in [0.15, 0.2) is 22.7 Å². The second-order valence-corrected chi connectivity index (χ2v) is 6.11. The molecule has 19 heavy (non-hydrogen) atoms. The Bertz CT molecular complexity index is 348. The number of hydrogen-bond donors (Lipinski definition) is 1. The fraction of sp³-hybridized carbons (Fsp3) is 0.625. The molecule has 1 nitrogen and oxygen atoms in total. The van der Waals surface area contributed by atoms with Gasteiger partial charge in [0.15, 0.2) is 0 Å². The van der Waals surface area contributed by atoms with Crippen LogP contribution in [0.25, 0.3) is 0 Å². The molecule has 0 bridgehead atoms. The second kappa shape index (κ2) is 9.49. The summed E-state index contributed by atoms with van der Waals surface area (Å²) in [4.78, 5) is 0. The monoisotopic (exact) mass is 330 g/mol. The van der Waals surface area contributed by atoms with Crippen molar-refractivity contribution in [1.29, 1.82) is 0 Å². The molecule has 0 amide bonds. The molecule has 0 heterocycles. The zero-order chi connectivity index (χ0) is 14.1. The van der Waals surface area contributed by atoms with Crippen molar-refractivity contribution in [3.63, 3.8) is 0 Å². The average Bonchev–Trinajstić information content (AvgIpc) is 2.32. The Morgan fingerprint density at radius 1 is 1.11 bits per heavy atom. The van der Waals surface area contributed by atoms with Gasteiger partial charge in [-0.1, -0.05) is 61.4 Å². The summed E-state index contributed by atoms with van der Waals surface area (Å²) in [7, 11) is 0. The van der Waals surface area contributed by atoms with Crippen LogP contribution in [-0.2, 0) is 6.42 Å². The van der Waals surface area contributed by atoms with Crippen LogP contribution in [0.1, 0.15) is 57.4 Å². The van der Waals surface area contributed by atoms with Crippen molar-refractivity contribution < 1.29 is 9.50 Å². The highest BCUT2D eigenvalue weighted by atomic mass is 79.9. The standard InChI is InChI=1S/C16H24BrFO/c1-2-3-4-5-6-7-8-16(19)11-13-9-14(17)12-15(18)10-13/h9-10,12,16,19H,2-8,11H2,1H3. The molecule has 0 aliphatic carbocycles. The van der Waals surface area contributed by atoms with Crippen LogP contribution in [0.3, 0.4) is 0 Å². The van der Waals surface area contributed by atoms with Gasteiger partial charge in [0.05, 0.1) is 6.10 Å². The van der Waals surface area contributed by atoms with E-state index < -0.39 is 0 Å². The third-order valence-electron chi connectivity index (χ3n) is 3.28. The molecule has 0 spiro atoms. The minimum atomic E-state index is -0.361. The average molecular weight is 331 g/mol. The van der Waals surface area contributed by atoms with Gasteiger partial charge < -0.3 is 5.11 Å². The highest BCUT2D eigenvalue weighted by Gasteiger charge is 2.07. The number of aliphatic hydroxyl groups excluding tert-OH is 1. The van der Waals surface area contributed by atoms with Crippen LogP contribution in [-0.4, -0.2) is 11.2 Å². The Labute approximate surface area is 124 Å². The van der Waals surface area contributed by atoms with E-state index in [1.807, 2.05) is 6.07 Å². The Balaban J connectivity index is 2.21. The van der Waals surface area contributed by atoms with E-state index in [0.29, 0.717) is 6.42 Å². The van der Waals surface area contributed by atoms with E-state index in [9.17, 15) is 9.50 Å². The van der Waals surface area contributed by atoms with E-state index in [0.717, 1.165) is 22.9 Å². The van der Waals surface area contributed by atoms with Gasteiger partial charge in [-0.15, -0.1) is 0 Å². The first kappa shape index (κ1) is 16.6. The quantitative estimate of drug-likeness (QED) is 0.613. The van der Waals surface area contributed by atoms with Gasteiger partial charge in [0.2, 0.25) is 0 Å². The summed E-state index contributed by atoms with van der Waals surface area (Å²) in [6.07, 6.45) is 8.34. The normalized spacial score (nSPS) is 12.6. The number of rotatable bonds is 9. The fourth-order valence-corrected chi connectivity index (χ4v) is 2.78. The van der Waals surface area contributed by atoms with E-state index in [-0.39, 0.29) is 11.9 Å². The summed E-state index contributed by atoms with van der Waals surface area (Å²) in [6.45, 7) is 2.21. The topological polar surface area (TPSA) is 20.2 Å². The highest BCUT2D eigenvalue weighted by Crippen LogP contribution is 2.18. The number of unbranched alkanes of at least 4 members (excludes halogenated alkanes) is 5. The summed E-state index contributed by atoms with van der Waals surface area (Å²) in [5, 5.41) is 9.95. The first-order valence-corrected chi connectivity index (χ1v) is 8.04. The van der Waals surface area contributed by atoms with Crippen LogP contribution in [0.4, 0.5) is 4.39 Å². The van der Waals surface area contributed by atoms with Crippen LogP contribution < -0.4 is 0 Å². The molecule has 3 heteroatoms. The molecule has 1 atom stereocenters. The van der Waals surface area contributed by atoms with Crippen molar-refractivity contribution in [3.8, 4) is 0 Å². The summed E-state index contributed by atoms with van der Waals surface area (Å²) in [5.41, 5.74) is 0.852. The van der Waals surface area contributed by atoms with Crippen molar-refractivity contribution in [1.82, 2.24) is 0 Å². The maximum absolute atomic E-state index is 13.2. The molecular weight excluding hydrogens is 307 g/mol. The molecule has 0 fully saturated rings. The molecule has 1 rings (SSSR count). The molecule has 1 aromatic rings. The Morgan fingerprint density at radius 2 is 1.79 bits per heavy atom. The van der Waals surface area contributed by atoms with Gasteiger partial charge in [-0.05, 0) is 36.6 Å². The molecule has 0 saturated carbocycles. The summed E-state index contributed by atoms with van der Waals surface area (Å²) >= 11 is 3.27. The molecule has 108 valence electrons. The first-order chi connectivity index (χ1) is 9.11. The van der Waals surface area contributed by atoms with Gasteiger partial charge >= 0.3 is 0 Å². The molecule has 0 aliphatic heterocycles. The largest absolute Gasteiger partial charge is 0.393 e. The third kappa shape index (κ3) is 7.68. The lowest BCUT2D eigenvalue weighted by molar-refractivity contribution is 0.161. The lowest BCUT2D eigenvalue weighted by atomic mass is 10.0. The Hall–Kier alpha value is -0.410. The van der Waals surface area contributed by atoms with Crippen LogP contribution in [0.5, 0.6) is 0 Å². The minimum Gasteiger partial charge on any atom is -0.393 e. The van der Waals surface area contributed by atoms with Crippen molar-refractivity contribution in [2.75, 3.05) is 0 Å². The lowest BCUT2D eigenvalue weighted by Gasteiger charge is -2.11. The first-order valence-electron chi connectivity index (χ1n) is 7.25. The Kier molecular flexibility index (Phi) is 8.31. The zero-order valence-electron chi connectivity index (χ0n) is 11.7. The Morgan fingerprint density at radius 3 is 2.47 bits per heavy atom. The van der Waals surface area contributed by atoms with Gasteiger partial charge in [-0.3, -0.25) is 0 Å². The van der Waals surface area contributed by atoms with Crippen molar-refractivity contribution in [2.24, 2.45) is 0 Å². The number of hydrogen-bond acceptors (Lipinski definition) is 1. The molecule has 0 saturated heterocycles. The number of benzene rings is 1.